The van der Waals surface area contributed by atoms with E-state index in [1.54, 1.807) is 17.0 Å². The lowest BCUT2D eigenvalue weighted by Gasteiger charge is -2.20. The standard InChI is InChI=1S/C23H27N3O5/c1-5-26(22(27)10-11-31-16-8-6-15(2)7-9-16)14-21-24-18-13-20(30-4)19(29-3)12-17(18)23(28)25-21/h6-9,12-13H,5,10-11,14H2,1-4H3,(H,24,25,28). The normalized spacial score (nSPS) is 10.7. The minimum atomic E-state index is -0.299. The maximum absolute atomic E-state index is 12.6. The number of H-pyrrole nitrogens is 1. The Morgan fingerprint density at radius 1 is 1.10 bits per heavy atom. The van der Waals surface area contributed by atoms with E-state index in [4.69, 9.17) is 14.2 Å². The van der Waals surface area contributed by atoms with E-state index in [9.17, 15) is 9.59 Å². The van der Waals surface area contributed by atoms with Gasteiger partial charge in [-0.15, -0.1) is 0 Å². The lowest BCUT2D eigenvalue weighted by atomic mass is 10.2. The maximum Gasteiger partial charge on any atom is 0.258 e. The molecule has 1 aromatic heterocycles. The Kier molecular flexibility index (Phi) is 7.12. The van der Waals surface area contributed by atoms with E-state index < -0.39 is 0 Å². The van der Waals surface area contributed by atoms with E-state index in [0.29, 0.717) is 34.8 Å². The summed E-state index contributed by atoms with van der Waals surface area (Å²) in [6.45, 7) is 4.84. The number of carbonyl (C=O) groups excluding carboxylic acids is 1. The van der Waals surface area contributed by atoms with Gasteiger partial charge in [0.05, 0.1) is 44.7 Å². The summed E-state index contributed by atoms with van der Waals surface area (Å²) in [5.74, 6) is 1.99. The van der Waals surface area contributed by atoms with Crippen LogP contribution in [0, 0.1) is 6.92 Å². The molecule has 0 atom stereocenters. The predicted octanol–water partition coefficient (Wildman–Crippen LogP) is 3.07. The summed E-state index contributed by atoms with van der Waals surface area (Å²) in [7, 11) is 3.03. The van der Waals surface area contributed by atoms with Crippen LogP contribution in [0.15, 0.2) is 41.2 Å². The number of nitrogens with one attached hydrogen (secondary N) is 1. The van der Waals surface area contributed by atoms with Crippen LogP contribution in [-0.2, 0) is 11.3 Å². The molecule has 1 heterocycles. The van der Waals surface area contributed by atoms with Gasteiger partial charge in [-0.05, 0) is 32.0 Å². The molecule has 0 bridgehead atoms. The van der Waals surface area contributed by atoms with Crippen molar-refractivity contribution in [1.29, 1.82) is 0 Å². The first-order chi connectivity index (χ1) is 14.9. The topological polar surface area (TPSA) is 93.8 Å². The highest BCUT2D eigenvalue weighted by atomic mass is 16.5. The minimum Gasteiger partial charge on any atom is -0.493 e. The number of rotatable bonds is 9. The van der Waals surface area contributed by atoms with Crippen molar-refractivity contribution in [2.75, 3.05) is 27.4 Å². The van der Waals surface area contributed by atoms with Crippen LogP contribution in [0.3, 0.4) is 0 Å². The number of benzene rings is 2. The third kappa shape index (κ3) is 5.33. The number of amides is 1. The molecular formula is C23H27N3O5. The van der Waals surface area contributed by atoms with Gasteiger partial charge in [0.2, 0.25) is 5.91 Å². The molecule has 3 aromatic rings. The second kappa shape index (κ2) is 9.97. The van der Waals surface area contributed by atoms with E-state index in [0.717, 1.165) is 11.3 Å². The highest BCUT2D eigenvalue weighted by molar-refractivity contribution is 5.82. The SMILES string of the molecule is CCN(Cc1nc2cc(OC)c(OC)cc2c(=O)[nH]1)C(=O)CCOc1ccc(C)cc1. The molecule has 0 saturated carbocycles. The van der Waals surface area contributed by atoms with Crippen LogP contribution in [0.2, 0.25) is 0 Å². The van der Waals surface area contributed by atoms with Crippen molar-refractivity contribution < 1.29 is 19.0 Å². The fourth-order valence-electron chi connectivity index (χ4n) is 3.20. The molecule has 3 rings (SSSR count). The largest absolute Gasteiger partial charge is 0.493 e. The number of aryl methyl sites for hydroxylation is 1. The quantitative estimate of drug-likeness (QED) is 0.566. The van der Waals surface area contributed by atoms with Crippen molar-refractivity contribution in [3.63, 3.8) is 0 Å². The van der Waals surface area contributed by atoms with E-state index in [-0.39, 0.29) is 31.0 Å². The molecule has 31 heavy (non-hydrogen) atoms. The number of ether oxygens (including phenoxy) is 3. The summed E-state index contributed by atoms with van der Waals surface area (Å²) in [4.78, 5) is 34.1. The number of hydrogen-bond donors (Lipinski definition) is 1. The summed E-state index contributed by atoms with van der Waals surface area (Å²) in [6.07, 6.45) is 0.227. The molecule has 8 nitrogen and oxygen atoms in total. The molecule has 0 aliphatic rings. The molecule has 0 aliphatic carbocycles. The Morgan fingerprint density at radius 2 is 1.77 bits per heavy atom. The Bertz CT molecular complexity index is 1110. The number of aromatic amines is 1. The van der Waals surface area contributed by atoms with Gasteiger partial charge >= 0.3 is 0 Å². The summed E-state index contributed by atoms with van der Waals surface area (Å²) in [5.41, 5.74) is 1.32. The van der Waals surface area contributed by atoms with Gasteiger partial charge in [-0.25, -0.2) is 4.98 Å². The van der Waals surface area contributed by atoms with Crippen molar-refractivity contribution >= 4 is 16.8 Å². The number of methoxy groups -OCH3 is 2. The highest BCUT2D eigenvalue weighted by Crippen LogP contribution is 2.29. The summed E-state index contributed by atoms with van der Waals surface area (Å²) in [6, 6.07) is 10.9. The van der Waals surface area contributed by atoms with Crippen molar-refractivity contribution in [2.24, 2.45) is 0 Å². The molecule has 0 saturated heterocycles. The van der Waals surface area contributed by atoms with Crippen LogP contribution in [0.25, 0.3) is 10.9 Å². The van der Waals surface area contributed by atoms with Gasteiger partial charge in [0.15, 0.2) is 11.5 Å². The van der Waals surface area contributed by atoms with Gasteiger partial charge < -0.3 is 24.1 Å². The van der Waals surface area contributed by atoms with Gasteiger partial charge in [-0.1, -0.05) is 17.7 Å². The first-order valence-electron chi connectivity index (χ1n) is 10.1. The number of fused-ring (bicyclic) bond motifs is 1. The minimum absolute atomic E-state index is 0.0790. The zero-order valence-corrected chi connectivity index (χ0v) is 18.2. The van der Waals surface area contributed by atoms with E-state index in [1.165, 1.54) is 14.2 Å². The molecular weight excluding hydrogens is 398 g/mol. The Hall–Kier alpha value is -3.55. The summed E-state index contributed by atoms with van der Waals surface area (Å²) >= 11 is 0. The average molecular weight is 425 g/mol. The molecule has 0 aliphatic heterocycles. The first-order valence-corrected chi connectivity index (χ1v) is 10.1. The van der Waals surface area contributed by atoms with E-state index in [1.807, 2.05) is 38.1 Å². The van der Waals surface area contributed by atoms with Gasteiger partial charge in [0, 0.05) is 12.6 Å². The molecule has 2 aromatic carbocycles. The van der Waals surface area contributed by atoms with E-state index in [2.05, 4.69) is 9.97 Å². The maximum atomic E-state index is 12.6. The summed E-state index contributed by atoms with van der Waals surface area (Å²) in [5, 5.41) is 0.391. The molecule has 0 unspecified atom stereocenters. The second-order valence-corrected chi connectivity index (χ2v) is 7.06. The predicted molar refractivity (Wildman–Crippen MR) is 118 cm³/mol. The van der Waals surface area contributed by atoms with Crippen molar-refractivity contribution in [2.45, 2.75) is 26.8 Å². The smallest absolute Gasteiger partial charge is 0.258 e. The molecule has 1 amide bonds. The zero-order valence-electron chi connectivity index (χ0n) is 18.2. The molecule has 0 spiro atoms. The Balaban J connectivity index is 1.70. The Morgan fingerprint density at radius 3 is 2.42 bits per heavy atom. The number of nitrogens with zero attached hydrogens (tertiary/aromatic N) is 2. The molecule has 8 heteroatoms. The lowest BCUT2D eigenvalue weighted by Crippen LogP contribution is -2.32. The second-order valence-electron chi connectivity index (χ2n) is 7.06. The van der Waals surface area contributed by atoms with Crippen LogP contribution >= 0.6 is 0 Å². The zero-order chi connectivity index (χ0) is 22.4. The average Bonchev–Trinajstić information content (AvgIpc) is 2.77. The molecule has 0 radical (unpaired) electrons. The van der Waals surface area contributed by atoms with Crippen LogP contribution in [0.4, 0.5) is 0 Å². The van der Waals surface area contributed by atoms with Gasteiger partial charge in [0.1, 0.15) is 11.6 Å². The van der Waals surface area contributed by atoms with Crippen molar-refractivity contribution in [3.05, 3.63) is 58.1 Å². The van der Waals surface area contributed by atoms with E-state index >= 15 is 0 Å². The fraction of sp³-hybridized carbons (Fsp3) is 0.348. The van der Waals surface area contributed by atoms with Crippen molar-refractivity contribution in [1.82, 2.24) is 14.9 Å². The van der Waals surface area contributed by atoms with Gasteiger partial charge in [-0.2, -0.15) is 0 Å². The third-order valence-corrected chi connectivity index (χ3v) is 4.94. The molecule has 164 valence electrons. The fourth-order valence-corrected chi connectivity index (χ4v) is 3.20. The number of hydrogen-bond acceptors (Lipinski definition) is 6. The van der Waals surface area contributed by atoms with Crippen LogP contribution in [0.1, 0.15) is 24.7 Å². The van der Waals surface area contributed by atoms with Gasteiger partial charge in [0.25, 0.3) is 5.56 Å². The number of aromatic nitrogens is 2. The van der Waals surface area contributed by atoms with Crippen LogP contribution < -0.4 is 19.8 Å². The molecule has 1 N–H and O–H groups in total. The summed E-state index contributed by atoms with van der Waals surface area (Å²) < 4.78 is 16.2. The van der Waals surface area contributed by atoms with Crippen molar-refractivity contribution in [3.8, 4) is 17.2 Å². The number of carbonyl (C=O) groups is 1. The van der Waals surface area contributed by atoms with Gasteiger partial charge in [-0.3, -0.25) is 9.59 Å². The first kappa shape index (κ1) is 22.1. The van der Waals surface area contributed by atoms with Crippen LogP contribution in [-0.4, -0.2) is 48.1 Å². The monoisotopic (exact) mass is 425 g/mol. The third-order valence-electron chi connectivity index (χ3n) is 4.94. The lowest BCUT2D eigenvalue weighted by molar-refractivity contribution is -0.132. The van der Waals surface area contributed by atoms with Crippen LogP contribution in [0.5, 0.6) is 17.2 Å². The highest BCUT2D eigenvalue weighted by Gasteiger charge is 2.16. The molecule has 0 fully saturated rings. The Labute approximate surface area is 180 Å².